The Morgan fingerprint density at radius 1 is 1.05 bits per heavy atom. The van der Waals surface area contributed by atoms with Crippen LogP contribution in [0.15, 0.2) is 30.3 Å². The topological polar surface area (TPSA) is 128 Å². The van der Waals surface area contributed by atoms with Gasteiger partial charge in [-0.15, -0.1) is 0 Å². The number of carboxylic acids is 2. The van der Waals surface area contributed by atoms with E-state index in [9.17, 15) is 18.8 Å². The molecular weight excluding hydrogens is 513 g/mol. The summed E-state index contributed by atoms with van der Waals surface area (Å²) < 4.78 is 14.5. The van der Waals surface area contributed by atoms with Gasteiger partial charge in [-0.2, -0.15) is 0 Å². The van der Waals surface area contributed by atoms with Crippen molar-refractivity contribution in [3.63, 3.8) is 0 Å². The molecule has 0 spiro atoms. The molecule has 1 aliphatic heterocycles. The first-order valence-electron chi connectivity index (χ1n) is 12.8. The lowest BCUT2D eigenvalue weighted by Crippen LogP contribution is -2.25. The summed E-state index contributed by atoms with van der Waals surface area (Å²) >= 11 is 6.45. The Labute approximate surface area is 228 Å². The van der Waals surface area contributed by atoms with Crippen LogP contribution in [0.4, 0.5) is 10.1 Å². The van der Waals surface area contributed by atoms with E-state index in [4.69, 9.17) is 21.8 Å². The smallest absolute Gasteiger partial charge is 0.303 e. The fourth-order valence-corrected chi connectivity index (χ4v) is 4.24. The molecular formula is C28H37ClFN3O5. The molecule has 1 heterocycles. The zero-order valence-electron chi connectivity index (χ0n) is 21.9. The first kappa shape index (κ1) is 31.1. The number of carbonyl (C=O) groups is 3. The van der Waals surface area contributed by atoms with Crippen LogP contribution in [0, 0.1) is 11.7 Å². The maximum Gasteiger partial charge on any atom is 0.303 e. The third-order valence-electron chi connectivity index (χ3n) is 6.03. The second-order valence-electron chi connectivity index (χ2n) is 9.56. The molecule has 0 aliphatic carbocycles. The Kier molecular flexibility index (Phi) is 13.0. The fraction of sp³-hybridized carbons (Fsp3) is 0.464. The molecule has 208 valence electrons. The number of nitrogens with one attached hydrogen (secondary N) is 3. The van der Waals surface area contributed by atoms with Gasteiger partial charge in [-0.05, 0) is 79.6 Å². The molecule has 0 atom stereocenters. The number of anilines is 1. The summed E-state index contributed by atoms with van der Waals surface area (Å²) in [7, 11) is 0. The van der Waals surface area contributed by atoms with Crippen LogP contribution >= 0.6 is 11.6 Å². The van der Waals surface area contributed by atoms with E-state index >= 15 is 0 Å². The number of halogens is 2. The van der Waals surface area contributed by atoms with Crippen molar-refractivity contribution in [2.24, 2.45) is 5.92 Å². The van der Waals surface area contributed by atoms with Gasteiger partial charge in [0.1, 0.15) is 5.82 Å². The predicted molar refractivity (Wildman–Crippen MR) is 146 cm³/mol. The Morgan fingerprint density at radius 3 is 2.37 bits per heavy atom. The molecule has 2 aromatic rings. The van der Waals surface area contributed by atoms with Crippen molar-refractivity contribution >= 4 is 35.1 Å². The molecule has 5 N–H and O–H groups in total. The summed E-state index contributed by atoms with van der Waals surface area (Å²) in [5.74, 6) is -2.42. The molecule has 0 fully saturated rings. The van der Waals surface area contributed by atoms with Crippen molar-refractivity contribution in [2.45, 2.75) is 58.9 Å². The SMILES string of the molecule is CC(C)CCCNC(=O)c1ccc(CNc2c(Cl)ccc3c2CCNCC3)cc1F.O=C(O)CCC(=O)O. The summed E-state index contributed by atoms with van der Waals surface area (Å²) in [6.07, 6.45) is 3.21. The second kappa shape index (κ2) is 15.9. The summed E-state index contributed by atoms with van der Waals surface area (Å²) in [6.45, 7) is 7.16. The van der Waals surface area contributed by atoms with Crippen molar-refractivity contribution < 1.29 is 29.0 Å². The number of carbonyl (C=O) groups excluding carboxylic acids is 1. The van der Waals surface area contributed by atoms with Crippen LogP contribution in [-0.2, 0) is 29.0 Å². The van der Waals surface area contributed by atoms with Crippen LogP contribution in [0.2, 0.25) is 5.02 Å². The number of hydrogen-bond acceptors (Lipinski definition) is 5. The van der Waals surface area contributed by atoms with E-state index in [2.05, 4.69) is 35.9 Å². The Hall–Kier alpha value is -3.17. The van der Waals surface area contributed by atoms with E-state index in [1.807, 2.05) is 6.07 Å². The minimum Gasteiger partial charge on any atom is -0.481 e. The van der Waals surface area contributed by atoms with Crippen LogP contribution in [0.1, 0.15) is 66.6 Å². The number of benzene rings is 2. The highest BCUT2D eigenvalue weighted by molar-refractivity contribution is 6.33. The molecule has 1 amide bonds. The lowest BCUT2D eigenvalue weighted by molar-refractivity contribution is -0.143. The lowest BCUT2D eigenvalue weighted by atomic mass is 10.0. The van der Waals surface area contributed by atoms with Crippen molar-refractivity contribution in [2.75, 3.05) is 25.0 Å². The predicted octanol–water partition coefficient (Wildman–Crippen LogP) is 4.88. The molecule has 0 unspecified atom stereocenters. The summed E-state index contributed by atoms with van der Waals surface area (Å²) in [6, 6.07) is 8.77. The average Bonchev–Trinajstić information content (AvgIpc) is 3.11. The number of aliphatic carboxylic acids is 2. The van der Waals surface area contributed by atoms with Gasteiger partial charge in [0.25, 0.3) is 5.91 Å². The first-order chi connectivity index (χ1) is 18.1. The maximum absolute atomic E-state index is 14.5. The molecule has 38 heavy (non-hydrogen) atoms. The highest BCUT2D eigenvalue weighted by atomic mass is 35.5. The molecule has 2 aromatic carbocycles. The van der Waals surface area contributed by atoms with Gasteiger partial charge in [0.15, 0.2) is 0 Å². The standard InChI is InChI=1S/C24H31ClFN3O.C4H6O4/c1-16(2)4-3-11-28-24(30)20-7-5-17(14-22(20)26)15-29-23-19-10-13-27-12-9-18(19)6-8-21(23)25;5-3(6)1-2-4(7)8/h5-8,14,16,27,29H,3-4,9-13,15H2,1-2H3,(H,28,30);1-2H2,(H,5,6)(H,7,8). The molecule has 0 radical (unpaired) electrons. The molecule has 1 aliphatic rings. The van der Waals surface area contributed by atoms with Gasteiger partial charge in [-0.25, -0.2) is 4.39 Å². The molecule has 0 saturated heterocycles. The third kappa shape index (κ3) is 10.7. The first-order valence-corrected chi connectivity index (χ1v) is 13.2. The van der Waals surface area contributed by atoms with Crippen LogP contribution < -0.4 is 16.0 Å². The Balaban J connectivity index is 0.000000550. The van der Waals surface area contributed by atoms with Crippen molar-refractivity contribution in [1.82, 2.24) is 10.6 Å². The van der Waals surface area contributed by atoms with E-state index < -0.39 is 17.8 Å². The normalized spacial score (nSPS) is 12.6. The second-order valence-corrected chi connectivity index (χ2v) is 9.96. The third-order valence-corrected chi connectivity index (χ3v) is 6.34. The van der Waals surface area contributed by atoms with Crippen molar-refractivity contribution in [3.8, 4) is 0 Å². The van der Waals surface area contributed by atoms with Gasteiger partial charge in [-0.1, -0.05) is 37.6 Å². The van der Waals surface area contributed by atoms with Gasteiger partial charge in [-0.3, -0.25) is 14.4 Å². The Morgan fingerprint density at radius 2 is 1.74 bits per heavy atom. The van der Waals surface area contributed by atoms with Gasteiger partial charge >= 0.3 is 11.9 Å². The number of fused-ring (bicyclic) bond motifs is 1. The summed E-state index contributed by atoms with van der Waals surface area (Å²) in [4.78, 5) is 31.5. The lowest BCUT2D eigenvalue weighted by Gasteiger charge is -2.16. The zero-order chi connectivity index (χ0) is 28.1. The van der Waals surface area contributed by atoms with E-state index in [-0.39, 0.29) is 24.3 Å². The van der Waals surface area contributed by atoms with E-state index in [0.29, 0.717) is 24.0 Å². The molecule has 8 nitrogen and oxygen atoms in total. The largest absolute Gasteiger partial charge is 0.481 e. The minimum absolute atomic E-state index is 0.0842. The van der Waals surface area contributed by atoms with Gasteiger partial charge < -0.3 is 26.2 Å². The highest BCUT2D eigenvalue weighted by Gasteiger charge is 2.16. The number of carboxylic acid groups (broad SMARTS) is 2. The molecule has 0 saturated carbocycles. The average molecular weight is 550 g/mol. The molecule has 10 heteroatoms. The molecule has 3 rings (SSSR count). The number of hydrogen-bond donors (Lipinski definition) is 5. The van der Waals surface area contributed by atoms with Crippen molar-refractivity contribution in [3.05, 3.63) is 63.4 Å². The van der Waals surface area contributed by atoms with Gasteiger partial charge in [0.05, 0.1) is 29.1 Å². The van der Waals surface area contributed by atoms with E-state index in [1.165, 1.54) is 17.2 Å². The fourth-order valence-electron chi connectivity index (χ4n) is 4.00. The van der Waals surface area contributed by atoms with Gasteiger partial charge in [0, 0.05) is 13.1 Å². The van der Waals surface area contributed by atoms with Crippen LogP contribution in [0.5, 0.6) is 0 Å². The van der Waals surface area contributed by atoms with E-state index in [0.717, 1.165) is 50.0 Å². The van der Waals surface area contributed by atoms with Crippen LogP contribution in [-0.4, -0.2) is 47.7 Å². The number of amides is 1. The number of rotatable bonds is 11. The maximum atomic E-state index is 14.5. The van der Waals surface area contributed by atoms with Crippen LogP contribution in [0.25, 0.3) is 0 Å². The van der Waals surface area contributed by atoms with Crippen molar-refractivity contribution in [1.29, 1.82) is 0 Å². The quantitative estimate of drug-likeness (QED) is 0.253. The van der Waals surface area contributed by atoms with Gasteiger partial charge in [0.2, 0.25) is 0 Å². The zero-order valence-corrected chi connectivity index (χ0v) is 22.7. The summed E-state index contributed by atoms with van der Waals surface area (Å²) in [5, 5.41) is 26.1. The monoisotopic (exact) mass is 549 g/mol. The highest BCUT2D eigenvalue weighted by Crippen LogP contribution is 2.31. The molecule has 0 bridgehead atoms. The minimum atomic E-state index is -1.08. The van der Waals surface area contributed by atoms with E-state index in [1.54, 1.807) is 12.1 Å². The molecule has 0 aromatic heterocycles. The van der Waals surface area contributed by atoms with Crippen LogP contribution in [0.3, 0.4) is 0 Å². The summed E-state index contributed by atoms with van der Waals surface area (Å²) in [5.41, 5.74) is 4.29. The Bertz CT molecular complexity index is 1100.